The van der Waals surface area contributed by atoms with Gasteiger partial charge >= 0.3 is 0 Å². The molecule has 0 spiro atoms. The molecule has 0 fully saturated rings. The highest BCUT2D eigenvalue weighted by atomic mass is 32.2. The zero-order valence-electron chi connectivity index (χ0n) is 20.4. The molecule has 178 valence electrons. The molecule has 6 heteroatoms. The summed E-state index contributed by atoms with van der Waals surface area (Å²) in [5.41, 5.74) is 4.93. The quantitative estimate of drug-likeness (QED) is 0.463. The summed E-state index contributed by atoms with van der Waals surface area (Å²) < 4.78 is 0. The molecular weight excluding hydrogens is 430 g/mol. The van der Waals surface area contributed by atoms with Gasteiger partial charge in [0.15, 0.2) is 0 Å². The van der Waals surface area contributed by atoms with Crippen molar-refractivity contribution >= 4 is 29.3 Å². The third-order valence-corrected chi connectivity index (χ3v) is 7.26. The first-order chi connectivity index (χ1) is 15.9. The zero-order chi connectivity index (χ0) is 23.8. The summed E-state index contributed by atoms with van der Waals surface area (Å²) in [4.78, 5) is 31.0. The van der Waals surface area contributed by atoms with Gasteiger partial charge in [0.2, 0.25) is 5.91 Å². The minimum absolute atomic E-state index is 0.0795. The van der Waals surface area contributed by atoms with Gasteiger partial charge in [0, 0.05) is 17.0 Å². The first-order valence-electron chi connectivity index (χ1n) is 12.1. The fraction of sp³-hybridized carbons (Fsp3) is 0.481. The van der Waals surface area contributed by atoms with E-state index >= 15 is 0 Å². The highest BCUT2D eigenvalue weighted by Gasteiger charge is 2.26. The Bertz CT molecular complexity index is 976. The number of rotatable bonds is 11. The summed E-state index contributed by atoms with van der Waals surface area (Å²) in [6, 6.07) is 12.0. The Morgan fingerprint density at radius 2 is 1.88 bits per heavy atom. The van der Waals surface area contributed by atoms with Crippen LogP contribution < -0.4 is 10.2 Å². The molecular formula is C27H37N3O2S. The molecule has 5 nitrogen and oxygen atoms in total. The Morgan fingerprint density at radius 3 is 2.64 bits per heavy atom. The van der Waals surface area contributed by atoms with Crippen LogP contribution in [0, 0.1) is 13.8 Å². The number of thioether (sulfide) groups is 1. The van der Waals surface area contributed by atoms with Crippen LogP contribution in [0.25, 0.3) is 0 Å². The molecule has 1 aliphatic rings. The summed E-state index contributed by atoms with van der Waals surface area (Å²) in [7, 11) is 0. The van der Waals surface area contributed by atoms with E-state index in [4.69, 9.17) is 0 Å². The van der Waals surface area contributed by atoms with Crippen molar-refractivity contribution in [3.8, 4) is 0 Å². The van der Waals surface area contributed by atoms with Crippen LogP contribution in [-0.4, -0.2) is 48.6 Å². The predicted octanol–water partition coefficient (Wildman–Crippen LogP) is 5.18. The largest absolute Gasteiger partial charge is 0.352 e. The molecule has 0 radical (unpaired) electrons. The smallest absolute Gasteiger partial charge is 0.251 e. The first-order valence-corrected chi connectivity index (χ1v) is 13.0. The van der Waals surface area contributed by atoms with Crippen molar-refractivity contribution in [2.75, 3.05) is 36.8 Å². The number of fused-ring (bicyclic) bond motifs is 1. The molecule has 1 aliphatic heterocycles. The number of carbonyl (C=O) groups excluding carboxylic acids is 2. The van der Waals surface area contributed by atoms with Crippen molar-refractivity contribution in [3.05, 3.63) is 58.7 Å². The molecule has 1 N–H and O–H groups in total. The molecule has 0 bridgehead atoms. The van der Waals surface area contributed by atoms with E-state index in [0.29, 0.717) is 24.4 Å². The third kappa shape index (κ3) is 6.84. The van der Waals surface area contributed by atoms with E-state index in [9.17, 15) is 9.59 Å². The minimum Gasteiger partial charge on any atom is -0.352 e. The van der Waals surface area contributed by atoms with E-state index in [1.54, 1.807) is 11.8 Å². The van der Waals surface area contributed by atoms with Gasteiger partial charge in [0.1, 0.15) is 0 Å². The van der Waals surface area contributed by atoms with E-state index in [1.807, 2.05) is 23.1 Å². The average molecular weight is 468 g/mol. The van der Waals surface area contributed by atoms with Gasteiger partial charge in [-0.1, -0.05) is 44.0 Å². The highest BCUT2D eigenvalue weighted by Crippen LogP contribution is 2.37. The lowest BCUT2D eigenvalue weighted by atomic mass is 10.0. The summed E-state index contributed by atoms with van der Waals surface area (Å²) in [5, 5.41) is 3.06. The summed E-state index contributed by atoms with van der Waals surface area (Å²) in [6.45, 7) is 12.9. The number of unbranched alkanes of at least 4 members (excludes halogenated alkanes) is 1. The third-order valence-electron chi connectivity index (χ3n) is 6.21. The molecule has 2 aromatic carbocycles. The fourth-order valence-corrected chi connectivity index (χ4v) is 4.99. The van der Waals surface area contributed by atoms with E-state index in [2.05, 4.69) is 56.1 Å². The van der Waals surface area contributed by atoms with Crippen LogP contribution in [0.2, 0.25) is 0 Å². The maximum atomic E-state index is 12.8. The fourth-order valence-electron chi connectivity index (χ4n) is 4.07. The van der Waals surface area contributed by atoms with Crippen molar-refractivity contribution in [1.82, 2.24) is 10.2 Å². The molecule has 0 aliphatic carbocycles. The van der Waals surface area contributed by atoms with Crippen LogP contribution in [0.5, 0.6) is 0 Å². The lowest BCUT2D eigenvalue weighted by molar-refractivity contribution is -0.116. The number of hydrogen-bond acceptors (Lipinski definition) is 4. The molecule has 0 aromatic heterocycles. The number of aryl methyl sites for hydroxylation is 2. The number of nitrogens with zero attached hydrogens (tertiary/aromatic N) is 2. The van der Waals surface area contributed by atoms with Gasteiger partial charge in [-0.3, -0.25) is 9.59 Å². The molecule has 0 saturated heterocycles. The maximum Gasteiger partial charge on any atom is 0.251 e. The number of benzene rings is 2. The molecule has 3 rings (SSSR count). The van der Waals surface area contributed by atoms with Crippen molar-refractivity contribution in [2.24, 2.45) is 0 Å². The second-order valence-electron chi connectivity index (χ2n) is 8.78. The standard InChI is InChI=1S/C27H37N3O2S/c1-5-7-14-29(6-2)15-8-13-28-27(32)22-11-12-25-24(17-22)30(26(31)19-33-25)18-23-16-20(3)9-10-21(23)4/h9-12,16-17H,5-8,13-15,18-19H2,1-4H3,(H,28,32). The number of amides is 2. The Hall–Kier alpha value is -2.31. The van der Waals surface area contributed by atoms with Crippen molar-refractivity contribution in [2.45, 2.75) is 58.4 Å². The summed E-state index contributed by atoms with van der Waals surface area (Å²) in [5.74, 6) is 0.428. The van der Waals surface area contributed by atoms with Crippen LogP contribution in [0.1, 0.15) is 60.2 Å². The topological polar surface area (TPSA) is 52.7 Å². The Balaban J connectivity index is 1.66. The minimum atomic E-state index is -0.0795. The first kappa shape index (κ1) is 25.3. The van der Waals surface area contributed by atoms with Gasteiger partial charge in [0.25, 0.3) is 5.91 Å². The van der Waals surface area contributed by atoms with Crippen LogP contribution in [0.3, 0.4) is 0 Å². The lowest BCUT2D eigenvalue weighted by Crippen LogP contribution is -2.35. The molecule has 0 atom stereocenters. The Labute approximate surface area is 202 Å². The van der Waals surface area contributed by atoms with Gasteiger partial charge in [-0.25, -0.2) is 0 Å². The van der Waals surface area contributed by atoms with Crippen LogP contribution in [0.15, 0.2) is 41.3 Å². The summed E-state index contributed by atoms with van der Waals surface area (Å²) in [6.07, 6.45) is 3.35. The van der Waals surface area contributed by atoms with Crippen molar-refractivity contribution in [3.63, 3.8) is 0 Å². The van der Waals surface area contributed by atoms with E-state index < -0.39 is 0 Å². The van der Waals surface area contributed by atoms with E-state index in [-0.39, 0.29) is 11.8 Å². The second-order valence-corrected chi connectivity index (χ2v) is 9.80. The van der Waals surface area contributed by atoms with Crippen molar-refractivity contribution < 1.29 is 9.59 Å². The maximum absolute atomic E-state index is 12.8. The van der Waals surface area contributed by atoms with Gasteiger partial charge in [-0.2, -0.15) is 0 Å². The van der Waals surface area contributed by atoms with E-state index in [0.717, 1.165) is 42.2 Å². The Morgan fingerprint density at radius 1 is 1.09 bits per heavy atom. The number of hydrogen-bond donors (Lipinski definition) is 1. The van der Waals surface area contributed by atoms with Crippen molar-refractivity contribution in [1.29, 1.82) is 0 Å². The normalized spacial score (nSPS) is 13.4. The SMILES string of the molecule is CCCCN(CC)CCCNC(=O)c1ccc2c(c1)N(Cc1cc(C)ccc1C)C(=O)CS2. The highest BCUT2D eigenvalue weighted by molar-refractivity contribution is 8.00. The molecule has 33 heavy (non-hydrogen) atoms. The summed E-state index contributed by atoms with van der Waals surface area (Å²) >= 11 is 1.54. The predicted molar refractivity (Wildman–Crippen MR) is 138 cm³/mol. The van der Waals surface area contributed by atoms with Gasteiger partial charge in [-0.05, 0) is 75.6 Å². The molecule has 0 unspecified atom stereocenters. The molecule has 2 amide bonds. The van der Waals surface area contributed by atoms with E-state index in [1.165, 1.54) is 24.0 Å². The molecule has 2 aromatic rings. The monoisotopic (exact) mass is 467 g/mol. The lowest BCUT2D eigenvalue weighted by Gasteiger charge is -2.30. The number of nitrogens with one attached hydrogen (secondary N) is 1. The number of anilines is 1. The van der Waals surface area contributed by atoms with Gasteiger partial charge in [0.05, 0.1) is 18.0 Å². The molecule has 0 saturated carbocycles. The van der Waals surface area contributed by atoms with Crippen LogP contribution in [-0.2, 0) is 11.3 Å². The Kier molecular flexibility index (Phi) is 9.39. The zero-order valence-corrected chi connectivity index (χ0v) is 21.3. The van der Waals surface area contributed by atoms with Crippen LogP contribution >= 0.6 is 11.8 Å². The van der Waals surface area contributed by atoms with Gasteiger partial charge < -0.3 is 15.1 Å². The van der Waals surface area contributed by atoms with Gasteiger partial charge in [-0.15, -0.1) is 11.8 Å². The average Bonchev–Trinajstić information content (AvgIpc) is 2.82. The number of carbonyl (C=O) groups is 2. The van der Waals surface area contributed by atoms with Crippen LogP contribution in [0.4, 0.5) is 5.69 Å². The second kappa shape index (κ2) is 12.2. The molecule has 1 heterocycles.